The number of anilines is 1. The fraction of sp³-hybridized carbons (Fsp3) is 0.381. The predicted molar refractivity (Wildman–Crippen MR) is 115 cm³/mol. The van der Waals surface area contributed by atoms with Crippen molar-refractivity contribution < 1.29 is 4.79 Å². The van der Waals surface area contributed by atoms with Crippen molar-refractivity contribution in [3.8, 4) is 11.1 Å². The highest BCUT2D eigenvalue weighted by Gasteiger charge is 2.22. The van der Waals surface area contributed by atoms with Gasteiger partial charge in [-0.2, -0.15) is 4.98 Å². The van der Waals surface area contributed by atoms with E-state index >= 15 is 0 Å². The molecule has 1 amide bonds. The zero-order valence-electron chi connectivity index (χ0n) is 17.0. The number of aryl methyl sites for hydroxylation is 1. The van der Waals surface area contributed by atoms with E-state index in [1.807, 2.05) is 31.6 Å². The predicted octanol–water partition coefficient (Wildman–Crippen LogP) is 2.77. The van der Waals surface area contributed by atoms with Crippen LogP contribution >= 0.6 is 0 Å². The van der Waals surface area contributed by atoms with Crippen molar-refractivity contribution >= 4 is 33.9 Å². The highest BCUT2D eigenvalue weighted by molar-refractivity contribution is 5.95. The van der Waals surface area contributed by atoms with E-state index in [-0.39, 0.29) is 11.9 Å². The summed E-state index contributed by atoms with van der Waals surface area (Å²) in [4.78, 5) is 23.7. The van der Waals surface area contributed by atoms with Crippen LogP contribution in [-0.4, -0.2) is 47.9 Å². The summed E-state index contributed by atoms with van der Waals surface area (Å²) < 4.78 is 1.77. The first-order valence-corrected chi connectivity index (χ1v) is 10.2. The van der Waals surface area contributed by atoms with Gasteiger partial charge in [-0.05, 0) is 43.4 Å². The second-order valence-electron chi connectivity index (χ2n) is 7.97. The summed E-state index contributed by atoms with van der Waals surface area (Å²) >= 11 is 0. The molecule has 0 radical (unpaired) electrons. The van der Waals surface area contributed by atoms with Gasteiger partial charge in [-0.1, -0.05) is 11.3 Å². The van der Waals surface area contributed by atoms with Gasteiger partial charge in [0.2, 0.25) is 11.9 Å². The maximum atomic E-state index is 11.2. The minimum absolute atomic E-state index is 0.0431. The molecule has 0 atom stereocenters. The van der Waals surface area contributed by atoms with Crippen LogP contribution < -0.4 is 10.6 Å². The maximum absolute atomic E-state index is 11.2. The Labute approximate surface area is 173 Å². The van der Waals surface area contributed by atoms with Crippen molar-refractivity contribution in [2.75, 3.05) is 5.32 Å². The normalized spacial score (nSPS) is 19.3. The summed E-state index contributed by atoms with van der Waals surface area (Å²) in [7, 11) is 1.89. The monoisotopic (exact) mass is 404 g/mol. The van der Waals surface area contributed by atoms with Crippen molar-refractivity contribution in [2.45, 2.75) is 44.7 Å². The third kappa shape index (κ3) is 3.47. The molecule has 1 aliphatic rings. The van der Waals surface area contributed by atoms with Crippen molar-refractivity contribution in [3.63, 3.8) is 0 Å². The van der Waals surface area contributed by atoms with Gasteiger partial charge in [-0.15, -0.1) is 5.10 Å². The first-order chi connectivity index (χ1) is 14.6. The first-order valence-electron chi connectivity index (χ1n) is 10.2. The molecule has 3 N–H and O–H groups in total. The lowest BCUT2D eigenvalue weighted by atomic mass is 9.91. The van der Waals surface area contributed by atoms with E-state index in [1.165, 1.54) is 0 Å². The lowest BCUT2D eigenvalue weighted by Crippen LogP contribution is -2.39. The Kier molecular flexibility index (Phi) is 4.57. The molecule has 9 nitrogen and oxygen atoms in total. The van der Waals surface area contributed by atoms with E-state index in [1.54, 1.807) is 11.6 Å². The highest BCUT2D eigenvalue weighted by atomic mass is 16.1. The van der Waals surface area contributed by atoms with E-state index in [9.17, 15) is 4.79 Å². The molecule has 1 aromatic carbocycles. The van der Waals surface area contributed by atoms with Crippen LogP contribution in [0.3, 0.4) is 0 Å². The van der Waals surface area contributed by atoms with Crippen molar-refractivity contribution in [1.29, 1.82) is 0 Å². The van der Waals surface area contributed by atoms with Crippen LogP contribution in [0, 0.1) is 0 Å². The Balaban J connectivity index is 1.34. The number of carbonyl (C=O) groups excluding carboxylic acids is 1. The fourth-order valence-electron chi connectivity index (χ4n) is 4.27. The summed E-state index contributed by atoms with van der Waals surface area (Å²) in [6.07, 6.45) is 7.75. The largest absolute Gasteiger partial charge is 0.354 e. The lowest BCUT2D eigenvalue weighted by molar-refractivity contribution is -0.119. The average molecular weight is 404 g/mol. The van der Waals surface area contributed by atoms with Gasteiger partial charge >= 0.3 is 0 Å². The average Bonchev–Trinajstić information content (AvgIpc) is 3.32. The number of nitrogens with zero attached hydrogens (tertiary/aromatic N) is 5. The smallest absolute Gasteiger partial charge is 0.224 e. The lowest BCUT2D eigenvalue weighted by Gasteiger charge is -2.29. The number of hydrogen-bond acceptors (Lipinski definition) is 6. The molecule has 0 saturated heterocycles. The molecule has 0 aliphatic heterocycles. The molecule has 0 spiro atoms. The Bertz CT molecular complexity index is 1220. The molecular weight excluding hydrogens is 380 g/mol. The molecule has 0 bridgehead atoms. The topological polar surface area (TPSA) is 113 Å². The first kappa shape index (κ1) is 18.5. The molecule has 9 heteroatoms. The minimum atomic E-state index is 0.0431. The summed E-state index contributed by atoms with van der Waals surface area (Å²) in [5.41, 5.74) is 4.78. The molecule has 1 aliphatic carbocycles. The van der Waals surface area contributed by atoms with E-state index in [4.69, 9.17) is 0 Å². The number of amides is 1. The summed E-state index contributed by atoms with van der Waals surface area (Å²) in [5, 5.41) is 15.6. The van der Waals surface area contributed by atoms with Gasteiger partial charge in [0.25, 0.3) is 0 Å². The zero-order chi connectivity index (χ0) is 20.7. The van der Waals surface area contributed by atoms with Crippen LogP contribution in [0.25, 0.3) is 33.2 Å². The zero-order valence-corrected chi connectivity index (χ0v) is 17.0. The van der Waals surface area contributed by atoms with Crippen LogP contribution in [0.15, 0.2) is 30.6 Å². The minimum Gasteiger partial charge on any atom is -0.354 e. The standard InChI is InChI=1S/C21H24N8O/c1-12(30)24-14-4-6-15(7-5-14)25-21-23-11-17-16(10-22-20(17)26-21)13-3-8-18-19(9-13)29(2)28-27-18/h3,8-11,14-15H,4-7H2,1-2H3,(H,24,30)(H2,22,23,25,26). The fourth-order valence-corrected chi connectivity index (χ4v) is 4.27. The molecule has 3 heterocycles. The molecule has 1 fully saturated rings. The number of hydrogen-bond donors (Lipinski definition) is 3. The van der Waals surface area contributed by atoms with Crippen LogP contribution in [-0.2, 0) is 11.8 Å². The van der Waals surface area contributed by atoms with Crippen LogP contribution in [0.2, 0.25) is 0 Å². The number of rotatable bonds is 4. The Hall–Kier alpha value is -3.49. The summed E-state index contributed by atoms with van der Waals surface area (Å²) in [5.74, 6) is 0.673. The van der Waals surface area contributed by atoms with Gasteiger partial charge in [0, 0.05) is 49.4 Å². The van der Waals surface area contributed by atoms with E-state index in [0.29, 0.717) is 12.0 Å². The number of nitrogens with one attached hydrogen (secondary N) is 3. The molecule has 4 aromatic rings. The maximum Gasteiger partial charge on any atom is 0.224 e. The summed E-state index contributed by atoms with van der Waals surface area (Å²) in [6, 6.07) is 6.70. The van der Waals surface area contributed by atoms with Crippen molar-refractivity contribution in [3.05, 3.63) is 30.6 Å². The molecule has 0 unspecified atom stereocenters. The number of aromatic amines is 1. The third-order valence-corrected chi connectivity index (χ3v) is 5.82. The van der Waals surface area contributed by atoms with Gasteiger partial charge in [0.15, 0.2) is 0 Å². The Morgan fingerprint density at radius 1 is 1.20 bits per heavy atom. The quantitative estimate of drug-likeness (QED) is 0.482. The highest BCUT2D eigenvalue weighted by Crippen LogP contribution is 2.30. The summed E-state index contributed by atoms with van der Waals surface area (Å²) in [6.45, 7) is 1.57. The second-order valence-corrected chi connectivity index (χ2v) is 7.97. The number of carbonyl (C=O) groups is 1. The number of H-pyrrole nitrogens is 1. The SMILES string of the molecule is CC(=O)NC1CCC(Nc2ncc3c(-c4ccc5nnn(C)c5c4)c[nH]c3n2)CC1. The van der Waals surface area contributed by atoms with Crippen LogP contribution in [0.5, 0.6) is 0 Å². The van der Waals surface area contributed by atoms with Gasteiger partial charge in [-0.3, -0.25) is 4.79 Å². The van der Waals surface area contributed by atoms with E-state index in [0.717, 1.165) is 58.9 Å². The molecular formula is C21H24N8O. The van der Waals surface area contributed by atoms with Gasteiger partial charge < -0.3 is 15.6 Å². The van der Waals surface area contributed by atoms with E-state index < -0.39 is 0 Å². The molecule has 154 valence electrons. The van der Waals surface area contributed by atoms with Gasteiger partial charge in [-0.25, -0.2) is 9.67 Å². The van der Waals surface area contributed by atoms with Crippen molar-refractivity contribution in [2.24, 2.45) is 7.05 Å². The number of aromatic nitrogens is 6. The van der Waals surface area contributed by atoms with Crippen molar-refractivity contribution in [1.82, 2.24) is 35.3 Å². The number of fused-ring (bicyclic) bond motifs is 2. The third-order valence-electron chi connectivity index (χ3n) is 5.82. The van der Waals surface area contributed by atoms with E-state index in [2.05, 4.69) is 42.0 Å². The van der Waals surface area contributed by atoms with Crippen LogP contribution in [0.1, 0.15) is 32.6 Å². The molecule has 30 heavy (non-hydrogen) atoms. The Morgan fingerprint density at radius 2 is 2.00 bits per heavy atom. The van der Waals surface area contributed by atoms with Gasteiger partial charge in [0.1, 0.15) is 11.2 Å². The number of benzene rings is 1. The molecule has 3 aromatic heterocycles. The van der Waals surface area contributed by atoms with Crippen LogP contribution in [0.4, 0.5) is 5.95 Å². The van der Waals surface area contributed by atoms with Gasteiger partial charge in [0.05, 0.1) is 5.52 Å². The molecule has 5 rings (SSSR count). The Morgan fingerprint density at radius 3 is 2.80 bits per heavy atom. The second kappa shape index (κ2) is 7.40. The molecule has 1 saturated carbocycles.